The van der Waals surface area contributed by atoms with E-state index in [-0.39, 0.29) is 0 Å². The average Bonchev–Trinajstić information content (AvgIpc) is 2.79. The number of halogens is 2. The summed E-state index contributed by atoms with van der Waals surface area (Å²) in [5.41, 5.74) is 0.770. The van der Waals surface area contributed by atoms with Crippen LogP contribution in [0.25, 0.3) is 0 Å². The first kappa shape index (κ1) is 13.2. The van der Waals surface area contributed by atoms with Crippen molar-refractivity contribution in [2.45, 2.75) is 19.9 Å². The zero-order valence-electron chi connectivity index (χ0n) is 10.2. The van der Waals surface area contributed by atoms with Crippen molar-refractivity contribution in [3.05, 3.63) is 40.0 Å². The van der Waals surface area contributed by atoms with Gasteiger partial charge >= 0.3 is 0 Å². The Balaban J connectivity index is 2.34. The topological polar surface area (TPSA) is 42.7 Å². The molecule has 0 radical (unpaired) electrons. The molecular weight excluding hydrogens is 271 g/mol. The highest BCUT2D eigenvalue weighted by Gasteiger charge is 2.11. The molecular formula is C12H14Cl2N4. The molecule has 0 saturated carbocycles. The maximum Gasteiger partial charge on any atom is 0.144 e. The first-order chi connectivity index (χ1) is 8.65. The molecule has 2 rings (SSSR count). The van der Waals surface area contributed by atoms with Gasteiger partial charge < -0.3 is 9.88 Å². The second kappa shape index (κ2) is 5.59. The lowest BCUT2D eigenvalue weighted by Gasteiger charge is -2.09. The van der Waals surface area contributed by atoms with Crippen LogP contribution in [0.3, 0.4) is 0 Å². The minimum absolute atomic E-state index is 0.519. The van der Waals surface area contributed by atoms with Crippen molar-refractivity contribution in [3.8, 4) is 0 Å². The monoisotopic (exact) mass is 284 g/mol. The van der Waals surface area contributed by atoms with Gasteiger partial charge in [-0.3, -0.25) is 0 Å². The smallest absolute Gasteiger partial charge is 0.144 e. The van der Waals surface area contributed by atoms with Crippen LogP contribution < -0.4 is 5.32 Å². The molecule has 0 amide bonds. The van der Waals surface area contributed by atoms with Crippen molar-refractivity contribution in [1.29, 1.82) is 0 Å². The third kappa shape index (κ3) is 2.60. The van der Waals surface area contributed by atoms with Crippen LogP contribution in [0.2, 0.25) is 10.0 Å². The summed E-state index contributed by atoms with van der Waals surface area (Å²) in [6, 6.07) is 1.70. The van der Waals surface area contributed by atoms with Gasteiger partial charge in [0.25, 0.3) is 0 Å². The van der Waals surface area contributed by atoms with Gasteiger partial charge in [0.2, 0.25) is 0 Å². The predicted molar refractivity (Wildman–Crippen MR) is 74.5 cm³/mol. The molecule has 18 heavy (non-hydrogen) atoms. The summed E-state index contributed by atoms with van der Waals surface area (Å²) in [6.45, 7) is 2.94. The highest BCUT2D eigenvalue weighted by Crippen LogP contribution is 2.26. The molecule has 6 heteroatoms. The number of imidazole rings is 1. The average molecular weight is 285 g/mol. The molecule has 2 aromatic rings. The maximum absolute atomic E-state index is 6.16. The summed E-state index contributed by atoms with van der Waals surface area (Å²) in [5, 5.41) is 4.02. The van der Waals surface area contributed by atoms with Crippen LogP contribution in [0.15, 0.2) is 18.5 Å². The van der Waals surface area contributed by atoms with E-state index in [4.69, 9.17) is 23.2 Å². The van der Waals surface area contributed by atoms with E-state index in [0.29, 0.717) is 22.3 Å². The molecule has 0 spiro atoms. The zero-order valence-corrected chi connectivity index (χ0v) is 11.8. The number of aryl methyl sites for hydroxylation is 1. The first-order valence-corrected chi connectivity index (χ1v) is 6.44. The molecule has 0 aliphatic rings. The Morgan fingerprint density at radius 1 is 1.33 bits per heavy atom. The fourth-order valence-corrected chi connectivity index (χ4v) is 2.27. The van der Waals surface area contributed by atoms with Crippen LogP contribution in [-0.4, -0.2) is 21.6 Å². The molecule has 2 heterocycles. The second-order valence-corrected chi connectivity index (χ2v) is 4.62. The van der Waals surface area contributed by atoms with Gasteiger partial charge in [0, 0.05) is 32.4 Å². The van der Waals surface area contributed by atoms with E-state index in [1.165, 1.54) is 0 Å². The standard InChI is InChI=1S/C12H14Cl2N4/c1-3-18-5-4-16-11(18)7-10-8(13)6-9(14)12(15-2)17-10/h4-6H,3,7H2,1-2H3,(H,15,17). The van der Waals surface area contributed by atoms with Crippen molar-refractivity contribution in [3.63, 3.8) is 0 Å². The Labute approximate surface area is 116 Å². The van der Waals surface area contributed by atoms with E-state index in [1.54, 1.807) is 19.3 Å². The lowest BCUT2D eigenvalue weighted by atomic mass is 10.2. The molecule has 0 saturated heterocycles. The number of aromatic nitrogens is 3. The lowest BCUT2D eigenvalue weighted by Crippen LogP contribution is -2.05. The van der Waals surface area contributed by atoms with Gasteiger partial charge in [-0.25, -0.2) is 9.97 Å². The van der Waals surface area contributed by atoms with E-state index in [1.807, 2.05) is 6.20 Å². The minimum atomic E-state index is 0.519. The predicted octanol–water partition coefficient (Wildman–Crippen LogP) is 3.24. The van der Waals surface area contributed by atoms with Crippen LogP contribution in [0.5, 0.6) is 0 Å². The third-order valence-corrected chi connectivity index (χ3v) is 3.32. The third-order valence-electron chi connectivity index (χ3n) is 2.71. The Bertz CT molecular complexity index is 551. The van der Waals surface area contributed by atoms with E-state index in [0.717, 1.165) is 18.1 Å². The maximum atomic E-state index is 6.16. The summed E-state index contributed by atoms with van der Waals surface area (Å²) < 4.78 is 2.06. The molecule has 0 bridgehead atoms. The molecule has 0 atom stereocenters. The van der Waals surface area contributed by atoms with E-state index < -0.39 is 0 Å². The normalized spacial score (nSPS) is 10.7. The summed E-state index contributed by atoms with van der Waals surface area (Å²) in [4.78, 5) is 8.72. The van der Waals surface area contributed by atoms with Crippen LogP contribution >= 0.6 is 23.2 Å². The highest BCUT2D eigenvalue weighted by molar-refractivity contribution is 6.36. The van der Waals surface area contributed by atoms with Gasteiger partial charge in [-0.2, -0.15) is 0 Å². The van der Waals surface area contributed by atoms with Gasteiger partial charge in [-0.15, -0.1) is 0 Å². The number of hydrogen-bond acceptors (Lipinski definition) is 3. The highest BCUT2D eigenvalue weighted by atomic mass is 35.5. The van der Waals surface area contributed by atoms with Crippen LogP contribution in [-0.2, 0) is 13.0 Å². The van der Waals surface area contributed by atoms with E-state index in [2.05, 4.69) is 26.8 Å². The molecule has 0 fully saturated rings. The number of anilines is 1. The van der Waals surface area contributed by atoms with Crippen molar-refractivity contribution in [2.24, 2.45) is 0 Å². The Morgan fingerprint density at radius 3 is 2.78 bits per heavy atom. The second-order valence-electron chi connectivity index (χ2n) is 3.80. The van der Waals surface area contributed by atoms with Crippen molar-refractivity contribution >= 4 is 29.0 Å². The Morgan fingerprint density at radius 2 is 2.11 bits per heavy atom. The quantitative estimate of drug-likeness (QED) is 0.937. The van der Waals surface area contributed by atoms with Crippen molar-refractivity contribution < 1.29 is 0 Å². The van der Waals surface area contributed by atoms with Gasteiger partial charge in [0.1, 0.15) is 11.6 Å². The zero-order chi connectivity index (χ0) is 13.1. The molecule has 0 aliphatic carbocycles. The van der Waals surface area contributed by atoms with Crippen LogP contribution in [0, 0.1) is 0 Å². The number of nitrogens with one attached hydrogen (secondary N) is 1. The number of nitrogens with zero attached hydrogens (tertiary/aromatic N) is 3. The summed E-state index contributed by atoms with van der Waals surface area (Å²) in [6.07, 6.45) is 4.31. The molecule has 0 aliphatic heterocycles. The first-order valence-electron chi connectivity index (χ1n) is 5.68. The van der Waals surface area contributed by atoms with Crippen LogP contribution in [0.4, 0.5) is 5.82 Å². The molecule has 0 unspecified atom stereocenters. The van der Waals surface area contributed by atoms with E-state index >= 15 is 0 Å². The van der Waals surface area contributed by atoms with Crippen LogP contribution in [0.1, 0.15) is 18.4 Å². The van der Waals surface area contributed by atoms with Crippen molar-refractivity contribution in [1.82, 2.24) is 14.5 Å². The SMILES string of the molecule is CCn1ccnc1Cc1nc(NC)c(Cl)cc1Cl. The molecule has 96 valence electrons. The number of rotatable bonds is 4. The molecule has 0 aromatic carbocycles. The fraction of sp³-hybridized carbons (Fsp3) is 0.333. The summed E-state index contributed by atoms with van der Waals surface area (Å²) in [7, 11) is 1.78. The summed E-state index contributed by atoms with van der Waals surface area (Å²) in [5.74, 6) is 1.57. The molecule has 1 N–H and O–H groups in total. The van der Waals surface area contributed by atoms with Crippen molar-refractivity contribution in [2.75, 3.05) is 12.4 Å². The van der Waals surface area contributed by atoms with Gasteiger partial charge in [-0.05, 0) is 13.0 Å². The van der Waals surface area contributed by atoms with Gasteiger partial charge in [0.05, 0.1) is 15.7 Å². The van der Waals surface area contributed by atoms with Gasteiger partial charge in [-0.1, -0.05) is 23.2 Å². The lowest BCUT2D eigenvalue weighted by molar-refractivity contribution is 0.709. The number of pyridine rings is 1. The van der Waals surface area contributed by atoms with E-state index in [9.17, 15) is 0 Å². The fourth-order valence-electron chi connectivity index (χ4n) is 1.75. The number of hydrogen-bond donors (Lipinski definition) is 1. The Kier molecular flexibility index (Phi) is 4.09. The Hall–Kier alpha value is -1.26. The van der Waals surface area contributed by atoms with Gasteiger partial charge in [0.15, 0.2) is 0 Å². The molecule has 2 aromatic heterocycles. The summed E-state index contributed by atoms with van der Waals surface area (Å²) >= 11 is 12.2. The largest absolute Gasteiger partial charge is 0.372 e. The molecule has 4 nitrogen and oxygen atoms in total. The minimum Gasteiger partial charge on any atom is -0.372 e.